The maximum Gasteiger partial charge on any atom is 0.231 e. The average Bonchev–Trinajstić information content (AvgIpc) is 3.36. The van der Waals surface area contributed by atoms with Crippen molar-refractivity contribution in [2.75, 3.05) is 20.9 Å². The van der Waals surface area contributed by atoms with E-state index in [0.717, 1.165) is 0 Å². The first kappa shape index (κ1) is 26.3. The quantitative estimate of drug-likeness (QED) is 0.269. The number of benzene rings is 2. The summed E-state index contributed by atoms with van der Waals surface area (Å²) in [6, 6.07) is 6.83. The number of nitrogens with two attached hydrogens (primary N) is 1. The Balaban J connectivity index is 1.55. The highest BCUT2D eigenvalue weighted by Gasteiger charge is 2.70. The first-order valence-corrected chi connectivity index (χ1v) is 12.6. The maximum atomic E-state index is 13.9. The first-order chi connectivity index (χ1) is 18.9. The lowest BCUT2D eigenvalue weighted by atomic mass is 9.53. The number of phenolic OH excluding ortho intramolecular Hbond substituents is 1. The highest BCUT2D eigenvalue weighted by molar-refractivity contribution is 6.25. The van der Waals surface area contributed by atoms with Gasteiger partial charge in [0.15, 0.2) is 22.9 Å². The third-order valence-corrected chi connectivity index (χ3v) is 8.51. The fraction of sp³-hybridized carbons (Fsp3) is 0.357. The number of primary amides is 1. The van der Waals surface area contributed by atoms with Crippen LogP contribution >= 0.6 is 0 Å². The van der Waals surface area contributed by atoms with Gasteiger partial charge in [-0.1, -0.05) is 12.1 Å². The fourth-order valence-corrected chi connectivity index (χ4v) is 6.71. The zero-order chi connectivity index (χ0) is 28.8. The highest BCUT2D eigenvalue weighted by atomic mass is 16.7. The normalized spacial score (nSPS) is 32.5. The van der Waals surface area contributed by atoms with E-state index >= 15 is 0 Å². The molecule has 12 nitrogen and oxygen atoms in total. The van der Waals surface area contributed by atoms with Gasteiger partial charge in [0.25, 0.3) is 0 Å². The van der Waals surface area contributed by atoms with Crippen molar-refractivity contribution in [3.63, 3.8) is 0 Å². The number of phenols is 1. The Morgan fingerprint density at radius 2 is 1.75 bits per heavy atom. The van der Waals surface area contributed by atoms with Crippen LogP contribution in [0.4, 0.5) is 0 Å². The predicted octanol–water partition coefficient (Wildman–Crippen LogP) is -0.495. The van der Waals surface area contributed by atoms with Crippen LogP contribution in [0.3, 0.4) is 0 Å². The lowest BCUT2D eigenvalue weighted by Gasteiger charge is -2.55. The molecule has 1 aliphatic heterocycles. The van der Waals surface area contributed by atoms with Crippen LogP contribution in [-0.2, 0) is 14.4 Å². The van der Waals surface area contributed by atoms with Gasteiger partial charge in [-0.05, 0) is 49.0 Å². The monoisotopic (exact) mass is 551 g/mol. The molecule has 6 rings (SSSR count). The Hall–Kier alpha value is -3.97. The van der Waals surface area contributed by atoms with E-state index in [0.29, 0.717) is 28.2 Å². The second kappa shape index (κ2) is 8.77. The lowest BCUT2D eigenvalue weighted by molar-refractivity contribution is -0.197. The van der Waals surface area contributed by atoms with Crippen LogP contribution in [-0.4, -0.2) is 92.6 Å². The van der Waals surface area contributed by atoms with Gasteiger partial charge in [0, 0.05) is 29.9 Å². The Kier molecular flexibility index (Phi) is 5.75. The Morgan fingerprint density at radius 3 is 2.42 bits per heavy atom. The number of Topliss-reactive ketones (excluding diaryl/α,β-unsaturated/α-hetero) is 2. The zero-order valence-corrected chi connectivity index (χ0v) is 21.4. The third-order valence-electron chi connectivity index (χ3n) is 8.51. The standard InChI is InChI=1S/C28H27N2O10/c1-30(2)21-20-22(32)13-8-12-11(10-3-6-15-16(7-10)40-9-39-15)4-5-14(31)17(12)23(33)18(13)25(35)28(20,38)26(36)19(24(21)34)27(29)37/h3-8,13,19-22,24,31-34,38H,9H2,1-2H3,(H2,29,37)/t13-,19?,20-,21+,22+,24?,28+/m0/s1. The van der Waals surface area contributed by atoms with Crippen LogP contribution < -0.4 is 15.2 Å². The van der Waals surface area contributed by atoms with Gasteiger partial charge in [0.05, 0.1) is 17.8 Å². The molecule has 7 atom stereocenters. The molecule has 0 saturated heterocycles. The molecule has 7 N–H and O–H groups in total. The van der Waals surface area contributed by atoms with E-state index < -0.39 is 70.4 Å². The predicted molar refractivity (Wildman–Crippen MR) is 137 cm³/mol. The Labute approximate surface area is 227 Å². The van der Waals surface area contributed by atoms with Crippen molar-refractivity contribution in [1.29, 1.82) is 0 Å². The van der Waals surface area contributed by atoms with Crippen molar-refractivity contribution >= 4 is 23.2 Å². The van der Waals surface area contributed by atoms with E-state index in [1.807, 2.05) is 0 Å². The minimum absolute atomic E-state index is 0.0559. The third kappa shape index (κ3) is 3.30. The van der Waals surface area contributed by atoms with Crippen LogP contribution in [0.1, 0.15) is 11.1 Å². The van der Waals surface area contributed by atoms with Crippen molar-refractivity contribution in [1.82, 2.24) is 4.90 Å². The van der Waals surface area contributed by atoms with E-state index in [1.165, 1.54) is 31.5 Å². The smallest absolute Gasteiger partial charge is 0.231 e. The average molecular weight is 552 g/mol. The van der Waals surface area contributed by atoms with Gasteiger partial charge in [0.2, 0.25) is 18.5 Å². The van der Waals surface area contributed by atoms with Crippen LogP contribution in [0.5, 0.6) is 17.2 Å². The number of hydrogen-bond donors (Lipinski definition) is 6. The topological polar surface area (TPSA) is 200 Å². The summed E-state index contributed by atoms with van der Waals surface area (Å²) < 4.78 is 10.8. The highest BCUT2D eigenvalue weighted by Crippen LogP contribution is 2.54. The number of hydrogen-bond acceptors (Lipinski definition) is 11. The number of amides is 1. The van der Waals surface area contributed by atoms with E-state index in [-0.39, 0.29) is 18.1 Å². The van der Waals surface area contributed by atoms with Crippen molar-refractivity contribution in [3.05, 3.63) is 53.5 Å². The molecule has 40 heavy (non-hydrogen) atoms. The fourth-order valence-electron chi connectivity index (χ4n) is 6.71. The lowest BCUT2D eigenvalue weighted by Crippen LogP contribution is -2.76. The molecule has 2 unspecified atom stereocenters. The molecule has 0 bridgehead atoms. The van der Waals surface area contributed by atoms with Crippen molar-refractivity contribution < 1.29 is 49.4 Å². The number of ether oxygens (including phenoxy) is 2. The first-order valence-electron chi connectivity index (χ1n) is 12.6. The van der Waals surface area contributed by atoms with Gasteiger partial charge in [0.1, 0.15) is 17.4 Å². The minimum Gasteiger partial charge on any atom is -0.507 e. The van der Waals surface area contributed by atoms with Crippen LogP contribution in [0.25, 0.3) is 16.9 Å². The minimum atomic E-state index is -2.98. The number of fused-ring (bicyclic) bond motifs is 4. The van der Waals surface area contributed by atoms with Gasteiger partial charge in [-0.2, -0.15) is 0 Å². The number of aliphatic hydroxyl groups excluding tert-OH is 3. The molecule has 2 saturated carbocycles. The second-order valence-electron chi connectivity index (χ2n) is 10.7. The molecule has 0 aromatic heterocycles. The summed E-state index contributed by atoms with van der Waals surface area (Å²) in [4.78, 5) is 40.9. The molecule has 0 spiro atoms. The number of carbonyl (C=O) groups excluding carboxylic acids is 3. The van der Waals surface area contributed by atoms with E-state index in [4.69, 9.17) is 15.2 Å². The summed E-state index contributed by atoms with van der Waals surface area (Å²) >= 11 is 0. The van der Waals surface area contributed by atoms with Crippen molar-refractivity contribution in [3.8, 4) is 28.4 Å². The van der Waals surface area contributed by atoms with Gasteiger partial charge >= 0.3 is 0 Å². The zero-order valence-electron chi connectivity index (χ0n) is 21.4. The van der Waals surface area contributed by atoms with Crippen molar-refractivity contribution in [2.45, 2.75) is 23.9 Å². The summed E-state index contributed by atoms with van der Waals surface area (Å²) in [5.41, 5.74) is 3.20. The molecule has 2 aromatic carbocycles. The summed E-state index contributed by atoms with van der Waals surface area (Å²) in [6.45, 7) is 0.0559. The maximum absolute atomic E-state index is 13.9. The molecule has 4 aliphatic rings. The second-order valence-corrected chi connectivity index (χ2v) is 10.7. The van der Waals surface area contributed by atoms with E-state index in [1.54, 1.807) is 24.3 Å². The molecule has 2 fully saturated rings. The number of aliphatic hydroxyl groups is 4. The summed E-state index contributed by atoms with van der Waals surface area (Å²) in [5, 5.41) is 56.5. The summed E-state index contributed by atoms with van der Waals surface area (Å²) in [5.74, 6) is -8.69. The van der Waals surface area contributed by atoms with E-state index in [9.17, 15) is 39.9 Å². The number of aromatic hydroxyl groups is 1. The molecule has 1 amide bonds. The molecule has 209 valence electrons. The van der Waals surface area contributed by atoms with Gasteiger partial charge < -0.3 is 45.6 Å². The number of nitrogens with zero attached hydrogens (tertiary/aromatic N) is 1. The van der Waals surface area contributed by atoms with Crippen LogP contribution in [0.15, 0.2) is 35.9 Å². The Bertz CT molecular complexity index is 1520. The van der Waals surface area contributed by atoms with Crippen molar-refractivity contribution in [2.24, 2.45) is 23.5 Å². The SMILES string of the molecule is CN(C)[C@H]1C(O)C(C(N)=O)C(=O)[C@]2(O)C(=O)C3=C(O)c4c(O)ccc(-c5ccc6c(c5)OCO6)c4[CH][C@@H]3[C@@H](O)[C@H]12. The molecule has 1 radical (unpaired) electrons. The molecule has 1 heterocycles. The molecule has 3 aliphatic carbocycles. The van der Waals surface area contributed by atoms with E-state index in [2.05, 4.69) is 0 Å². The van der Waals surface area contributed by atoms with Crippen LogP contribution in [0.2, 0.25) is 0 Å². The largest absolute Gasteiger partial charge is 0.507 e. The number of ketones is 2. The number of carbonyl (C=O) groups is 3. The summed E-state index contributed by atoms with van der Waals surface area (Å²) in [7, 11) is 3.00. The summed E-state index contributed by atoms with van der Waals surface area (Å²) in [6.07, 6.45) is -1.92. The molecule has 2 aromatic rings. The molecule has 12 heteroatoms. The van der Waals surface area contributed by atoms with Gasteiger partial charge in [-0.15, -0.1) is 0 Å². The van der Waals surface area contributed by atoms with Crippen LogP contribution in [0, 0.1) is 24.2 Å². The van der Waals surface area contributed by atoms with Gasteiger partial charge in [-0.25, -0.2) is 0 Å². The number of rotatable bonds is 3. The number of likely N-dealkylation sites (N-methyl/N-ethyl adjacent to an activating group) is 1. The van der Waals surface area contributed by atoms with Gasteiger partial charge in [-0.3, -0.25) is 14.4 Å². The Morgan fingerprint density at radius 1 is 1.05 bits per heavy atom. The molecular weight excluding hydrogens is 524 g/mol. The molecular formula is C28H27N2O10.